The minimum Gasteiger partial charge on any atom is -0.311 e. The molecule has 0 atom stereocenters. The molecule has 3 aromatic rings. The summed E-state index contributed by atoms with van der Waals surface area (Å²) in [7, 11) is 0. The Morgan fingerprint density at radius 1 is 1.04 bits per heavy atom. The number of anilines is 1. The summed E-state index contributed by atoms with van der Waals surface area (Å²) in [6.45, 7) is 8.42. The van der Waals surface area contributed by atoms with Crippen LogP contribution >= 0.6 is 0 Å². The minimum absolute atomic E-state index is 0.00688. The van der Waals surface area contributed by atoms with Crippen LogP contribution in [0.4, 0.5) is 5.82 Å². The Hall–Kier alpha value is -2.88. The van der Waals surface area contributed by atoms with Gasteiger partial charge in [-0.1, -0.05) is 68.8 Å². The third-order valence-corrected chi connectivity index (χ3v) is 4.51. The fourth-order valence-electron chi connectivity index (χ4n) is 2.83. The Morgan fingerprint density at radius 3 is 2.33 bits per heavy atom. The molecule has 27 heavy (non-hydrogen) atoms. The molecule has 0 saturated heterocycles. The van der Waals surface area contributed by atoms with E-state index in [1.807, 2.05) is 53.2 Å². The summed E-state index contributed by atoms with van der Waals surface area (Å²) in [6, 6.07) is 20.2. The van der Waals surface area contributed by atoms with Gasteiger partial charge < -0.3 is 5.32 Å². The lowest BCUT2D eigenvalue weighted by Crippen LogP contribution is -2.15. The number of aryl methyl sites for hydroxylation is 2. The fraction of sp³-hybridized carbons (Fsp3) is 0.304. The van der Waals surface area contributed by atoms with Crippen molar-refractivity contribution in [3.05, 3.63) is 77.5 Å². The van der Waals surface area contributed by atoms with Crippen LogP contribution in [0.5, 0.6) is 0 Å². The summed E-state index contributed by atoms with van der Waals surface area (Å²) in [6.07, 6.45) is 1.16. The number of hydrogen-bond donors (Lipinski definition) is 1. The number of amides is 1. The lowest BCUT2D eigenvalue weighted by molar-refractivity contribution is -0.116. The summed E-state index contributed by atoms with van der Waals surface area (Å²) in [5.74, 6) is 0.703. The van der Waals surface area contributed by atoms with Crippen LogP contribution in [0.15, 0.2) is 60.7 Å². The van der Waals surface area contributed by atoms with E-state index in [-0.39, 0.29) is 11.3 Å². The Morgan fingerprint density at radius 2 is 1.70 bits per heavy atom. The van der Waals surface area contributed by atoms with E-state index in [4.69, 9.17) is 5.10 Å². The van der Waals surface area contributed by atoms with E-state index >= 15 is 0 Å². The van der Waals surface area contributed by atoms with Crippen LogP contribution in [0, 0.1) is 6.92 Å². The van der Waals surface area contributed by atoms with Gasteiger partial charge in [0, 0.05) is 17.9 Å². The van der Waals surface area contributed by atoms with E-state index in [0.717, 1.165) is 23.4 Å². The van der Waals surface area contributed by atoms with Gasteiger partial charge in [0.05, 0.1) is 11.4 Å². The lowest BCUT2D eigenvalue weighted by atomic mass is 9.92. The van der Waals surface area contributed by atoms with Gasteiger partial charge in [-0.25, -0.2) is 4.68 Å². The molecule has 140 valence electrons. The van der Waals surface area contributed by atoms with E-state index in [1.54, 1.807) is 0 Å². The van der Waals surface area contributed by atoms with Gasteiger partial charge in [-0.3, -0.25) is 4.79 Å². The van der Waals surface area contributed by atoms with Crippen LogP contribution < -0.4 is 5.32 Å². The maximum absolute atomic E-state index is 12.5. The summed E-state index contributed by atoms with van der Waals surface area (Å²) in [4.78, 5) is 12.5. The van der Waals surface area contributed by atoms with Crippen molar-refractivity contribution >= 4 is 11.7 Å². The van der Waals surface area contributed by atoms with E-state index in [2.05, 4.69) is 45.1 Å². The SMILES string of the molecule is Cc1ccc(-n2nc(C(C)(C)C)cc2NC(=O)CCc2ccccc2)cc1. The van der Waals surface area contributed by atoms with E-state index in [9.17, 15) is 4.79 Å². The van der Waals surface area contributed by atoms with Gasteiger partial charge in [0.1, 0.15) is 5.82 Å². The number of nitrogens with zero attached hydrogens (tertiary/aromatic N) is 2. The summed E-state index contributed by atoms with van der Waals surface area (Å²) in [5, 5.41) is 7.80. The molecule has 0 bridgehead atoms. The second-order valence-corrected chi connectivity index (χ2v) is 7.95. The lowest BCUT2D eigenvalue weighted by Gasteiger charge is -2.14. The normalized spacial score (nSPS) is 11.4. The molecule has 0 saturated carbocycles. The molecule has 0 unspecified atom stereocenters. The Bertz CT molecular complexity index is 903. The van der Waals surface area contributed by atoms with E-state index in [0.29, 0.717) is 12.2 Å². The summed E-state index contributed by atoms with van der Waals surface area (Å²) < 4.78 is 1.82. The van der Waals surface area contributed by atoms with E-state index < -0.39 is 0 Å². The van der Waals surface area contributed by atoms with Crippen LogP contribution in [0.1, 0.15) is 44.0 Å². The smallest absolute Gasteiger partial charge is 0.225 e. The molecule has 0 aliphatic carbocycles. The number of nitrogens with one attached hydrogen (secondary N) is 1. The highest BCUT2D eigenvalue weighted by atomic mass is 16.1. The van der Waals surface area contributed by atoms with Crippen molar-refractivity contribution in [3.63, 3.8) is 0 Å². The molecule has 1 N–H and O–H groups in total. The average molecular weight is 361 g/mol. The zero-order valence-electron chi connectivity index (χ0n) is 16.5. The quantitative estimate of drug-likeness (QED) is 0.691. The minimum atomic E-state index is -0.0978. The number of rotatable bonds is 5. The molecule has 1 amide bonds. The van der Waals surface area contributed by atoms with E-state index in [1.165, 1.54) is 5.56 Å². The molecule has 0 fully saturated rings. The van der Waals surface area contributed by atoms with Gasteiger partial charge in [-0.05, 0) is 31.0 Å². The molecule has 0 spiro atoms. The van der Waals surface area contributed by atoms with Crippen molar-refractivity contribution in [1.82, 2.24) is 9.78 Å². The molecule has 2 aromatic carbocycles. The van der Waals surface area contributed by atoms with Gasteiger partial charge in [0.15, 0.2) is 0 Å². The average Bonchev–Trinajstić information content (AvgIpc) is 3.06. The third kappa shape index (κ3) is 4.85. The highest BCUT2D eigenvalue weighted by molar-refractivity contribution is 5.90. The number of benzene rings is 2. The third-order valence-electron chi connectivity index (χ3n) is 4.51. The molecule has 0 aliphatic heterocycles. The van der Waals surface area contributed by atoms with Crippen molar-refractivity contribution in [2.45, 2.75) is 46.0 Å². The molecule has 4 nitrogen and oxygen atoms in total. The maximum Gasteiger partial charge on any atom is 0.225 e. The Labute approximate surface area is 161 Å². The molecular formula is C23H27N3O. The predicted molar refractivity (Wildman–Crippen MR) is 110 cm³/mol. The van der Waals surface area contributed by atoms with Gasteiger partial charge in [-0.15, -0.1) is 0 Å². The zero-order chi connectivity index (χ0) is 19.4. The standard InChI is InChI=1S/C23H27N3O/c1-17-10-13-19(14-11-17)26-21(16-20(25-26)23(2,3)4)24-22(27)15-12-18-8-6-5-7-9-18/h5-11,13-14,16H,12,15H2,1-4H3,(H,24,27). The first-order chi connectivity index (χ1) is 12.8. The van der Waals surface area contributed by atoms with Crippen molar-refractivity contribution in [3.8, 4) is 5.69 Å². The van der Waals surface area contributed by atoms with Gasteiger partial charge in [0.2, 0.25) is 5.91 Å². The van der Waals surface area contributed by atoms with Crippen LogP contribution in [0.3, 0.4) is 0 Å². The first-order valence-electron chi connectivity index (χ1n) is 9.34. The first kappa shape index (κ1) is 18.9. The fourth-order valence-corrected chi connectivity index (χ4v) is 2.83. The zero-order valence-corrected chi connectivity index (χ0v) is 16.5. The first-order valence-corrected chi connectivity index (χ1v) is 9.34. The molecule has 4 heteroatoms. The van der Waals surface area contributed by atoms with Crippen LogP contribution in [0.2, 0.25) is 0 Å². The number of carbonyl (C=O) groups is 1. The van der Waals surface area contributed by atoms with Crippen molar-refractivity contribution in [2.24, 2.45) is 0 Å². The highest BCUT2D eigenvalue weighted by Gasteiger charge is 2.21. The van der Waals surface area contributed by atoms with Gasteiger partial charge in [-0.2, -0.15) is 5.10 Å². The monoisotopic (exact) mass is 361 g/mol. The van der Waals surface area contributed by atoms with Crippen LogP contribution in [-0.2, 0) is 16.6 Å². The van der Waals surface area contributed by atoms with Gasteiger partial charge in [0.25, 0.3) is 0 Å². The van der Waals surface area contributed by atoms with Crippen molar-refractivity contribution in [1.29, 1.82) is 0 Å². The predicted octanol–water partition coefficient (Wildman–Crippen LogP) is 5.05. The summed E-state index contributed by atoms with van der Waals surface area (Å²) in [5.41, 5.74) is 4.14. The second-order valence-electron chi connectivity index (χ2n) is 7.95. The van der Waals surface area contributed by atoms with Crippen molar-refractivity contribution < 1.29 is 4.79 Å². The Kier molecular flexibility index (Phi) is 5.45. The molecular weight excluding hydrogens is 334 g/mol. The number of carbonyl (C=O) groups excluding carboxylic acids is 1. The van der Waals surface area contributed by atoms with Crippen LogP contribution in [-0.4, -0.2) is 15.7 Å². The van der Waals surface area contributed by atoms with Crippen LogP contribution in [0.25, 0.3) is 5.69 Å². The number of aromatic nitrogens is 2. The largest absolute Gasteiger partial charge is 0.311 e. The highest BCUT2D eigenvalue weighted by Crippen LogP contribution is 2.26. The number of hydrogen-bond acceptors (Lipinski definition) is 2. The molecule has 1 aromatic heterocycles. The Balaban J connectivity index is 1.81. The topological polar surface area (TPSA) is 46.9 Å². The second kappa shape index (κ2) is 7.78. The van der Waals surface area contributed by atoms with Crippen molar-refractivity contribution in [2.75, 3.05) is 5.32 Å². The maximum atomic E-state index is 12.5. The molecule has 3 rings (SSSR count). The molecule has 0 radical (unpaired) electrons. The molecule has 1 heterocycles. The van der Waals surface area contributed by atoms with Gasteiger partial charge >= 0.3 is 0 Å². The summed E-state index contributed by atoms with van der Waals surface area (Å²) >= 11 is 0. The molecule has 0 aliphatic rings.